The van der Waals surface area contributed by atoms with Crippen LogP contribution in [0.3, 0.4) is 0 Å². The number of alkyl halides is 2. The highest BCUT2D eigenvalue weighted by atomic mass is 19.3. The standard InChI is InChI=1S/C13H16F2N2O4/c1-19-10-3-2-9(8-11(10)21-12(14)15)16-13(18)17-4-6-20-7-5-17/h2-3,8,12H,4-7H2,1H3,(H,16,18). The Kier molecular flexibility index (Phi) is 5.15. The van der Waals surface area contributed by atoms with Gasteiger partial charge in [0, 0.05) is 24.8 Å². The van der Waals surface area contributed by atoms with Gasteiger partial charge in [-0.25, -0.2) is 4.79 Å². The lowest BCUT2D eigenvalue weighted by molar-refractivity contribution is -0.0511. The Hall–Kier alpha value is -2.09. The summed E-state index contributed by atoms with van der Waals surface area (Å²) < 4.78 is 39.1. The number of nitrogens with one attached hydrogen (secondary N) is 1. The van der Waals surface area contributed by atoms with Gasteiger partial charge in [0.25, 0.3) is 0 Å². The number of ether oxygens (including phenoxy) is 3. The molecule has 1 N–H and O–H groups in total. The second-order valence-corrected chi connectivity index (χ2v) is 4.27. The van der Waals surface area contributed by atoms with E-state index in [1.807, 2.05) is 0 Å². The SMILES string of the molecule is COc1ccc(NC(=O)N2CCOCC2)cc1OC(F)F. The molecule has 2 rings (SSSR count). The molecular formula is C13H16F2N2O4. The Morgan fingerprint density at radius 1 is 1.33 bits per heavy atom. The summed E-state index contributed by atoms with van der Waals surface area (Å²) in [6.07, 6.45) is 0. The lowest BCUT2D eigenvalue weighted by atomic mass is 10.2. The summed E-state index contributed by atoms with van der Waals surface area (Å²) in [6, 6.07) is 3.98. The number of morpholine rings is 1. The van der Waals surface area contributed by atoms with Crippen LogP contribution in [0, 0.1) is 0 Å². The number of hydrogen-bond donors (Lipinski definition) is 1. The summed E-state index contributed by atoms with van der Waals surface area (Å²) in [4.78, 5) is 13.6. The van der Waals surface area contributed by atoms with Gasteiger partial charge in [0.2, 0.25) is 0 Å². The van der Waals surface area contributed by atoms with Crippen molar-refractivity contribution in [3.8, 4) is 11.5 Å². The molecule has 0 unspecified atom stereocenters. The van der Waals surface area contributed by atoms with E-state index in [9.17, 15) is 13.6 Å². The third-order valence-corrected chi connectivity index (χ3v) is 2.93. The number of urea groups is 1. The minimum Gasteiger partial charge on any atom is -0.493 e. The van der Waals surface area contributed by atoms with Gasteiger partial charge in [0.15, 0.2) is 11.5 Å². The van der Waals surface area contributed by atoms with E-state index in [-0.39, 0.29) is 17.5 Å². The first-order valence-corrected chi connectivity index (χ1v) is 6.36. The number of hydrogen-bond acceptors (Lipinski definition) is 4. The average Bonchev–Trinajstić information content (AvgIpc) is 2.48. The summed E-state index contributed by atoms with van der Waals surface area (Å²) in [6.45, 7) is -1.03. The molecule has 21 heavy (non-hydrogen) atoms. The van der Waals surface area contributed by atoms with Crippen molar-refractivity contribution in [2.24, 2.45) is 0 Å². The smallest absolute Gasteiger partial charge is 0.387 e. The number of nitrogens with zero attached hydrogens (tertiary/aromatic N) is 1. The predicted octanol–water partition coefficient (Wildman–Crippen LogP) is 2.16. The zero-order valence-corrected chi connectivity index (χ0v) is 11.5. The van der Waals surface area contributed by atoms with Crippen LogP contribution in [0.2, 0.25) is 0 Å². The molecule has 0 spiro atoms. The van der Waals surface area contributed by atoms with Crippen LogP contribution >= 0.6 is 0 Å². The fourth-order valence-electron chi connectivity index (χ4n) is 1.91. The Labute approximate surface area is 120 Å². The number of anilines is 1. The van der Waals surface area contributed by atoms with Gasteiger partial charge in [-0.2, -0.15) is 8.78 Å². The van der Waals surface area contributed by atoms with E-state index in [0.29, 0.717) is 32.0 Å². The summed E-state index contributed by atoms with van der Waals surface area (Å²) >= 11 is 0. The molecule has 2 amide bonds. The molecule has 116 valence electrons. The zero-order chi connectivity index (χ0) is 15.2. The van der Waals surface area contributed by atoms with E-state index in [1.165, 1.54) is 19.2 Å². The van der Waals surface area contributed by atoms with Gasteiger partial charge in [0.05, 0.1) is 20.3 Å². The van der Waals surface area contributed by atoms with Gasteiger partial charge < -0.3 is 24.4 Å². The fourth-order valence-corrected chi connectivity index (χ4v) is 1.91. The molecule has 1 aliphatic rings. The van der Waals surface area contributed by atoms with Crippen molar-refractivity contribution < 1.29 is 27.8 Å². The molecule has 1 fully saturated rings. The topological polar surface area (TPSA) is 60.0 Å². The molecule has 8 heteroatoms. The maximum Gasteiger partial charge on any atom is 0.387 e. The van der Waals surface area contributed by atoms with Gasteiger partial charge >= 0.3 is 12.6 Å². The maximum atomic E-state index is 12.3. The van der Waals surface area contributed by atoms with Crippen LogP contribution < -0.4 is 14.8 Å². The fraction of sp³-hybridized carbons (Fsp3) is 0.462. The lowest BCUT2D eigenvalue weighted by Gasteiger charge is -2.27. The largest absolute Gasteiger partial charge is 0.493 e. The molecule has 0 radical (unpaired) electrons. The van der Waals surface area contributed by atoms with Crippen molar-refractivity contribution in [2.45, 2.75) is 6.61 Å². The summed E-state index contributed by atoms with van der Waals surface area (Å²) in [5.74, 6) is 0.0342. The first-order valence-electron chi connectivity index (χ1n) is 6.36. The molecule has 0 atom stereocenters. The molecule has 0 aliphatic carbocycles. The van der Waals surface area contributed by atoms with Gasteiger partial charge in [0.1, 0.15) is 0 Å². The first kappa shape index (κ1) is 15.3. The molecular weight excluding hydrogens is 286 g/mol. The van der Waals surface area contributed by atoms with Crippen LogP contribution in [0.1, 0.15) is 0 Å². The van der Waals surface area contributed by atoms with E-state index in [1.54, 1.807) is 11.0 Å². The molecule has 0 aromatic heterocycles. The van der Waals surface area contributed by atoms with Crippen LogP contribution in [0.5, 0.6) is 11.5 Å². The quantitative estimate of drug-likeness (QED) is 0.926. The molecule has 0 saturated carbocycles. The average molecular weight is 302 g/mol. The second-order valence-electron chi connectivity index (χ2n) is 4.27. The molecule has 1 aromatic carbocycles. The molecule has 6 nitrogen and oxygen atoms in total. The van der Waals surface area contributed by atoms with Crippen LogP contribution in [0.25, 0.3) is 0 Å². The Balaban J connectivity index is 2.07. The van der Waals surface area contributed by atoms with E-state index in [0.717, 1.165) is 0 Å². The van der Waals surface area contributed by atoms with Crippen molar-refractivity contribution in [3.05, 3.63) is 18.2 Å². The van der Waals surface area contributed by atoms with Gasteiger partial charge in [-0.3, -0.25) is 0 Å². The third kappa shape index (κ3) is 4.19. The number of amides is 2. The van der Waals surface area contributed by atoms with E-state index in [4.69, 9.17) is 9.47 Å². The molecule has 1 heterocycles. The number of halogens is 2. The van der Waals surface area contributed by atoms with Crippen molar-refractivity contribution in [1.29, 1.82) is 0 Å². The molecule has 1 aromatic rings. The molecule has 0 bridgehead atoms. The van der Waals surface area contributed by atoms with Crippen molar-refractivity contribution in [3.63, 3.8) is 0 Å². The number of methoxy groups -OCH3 is 1. The van der Waals surface area contributed by atoms with Gasteiger partial charge in [-0.05, 0) is 12.1 Å². The summed E-state index contributed by atoms with van der Waals surface area (Å²) in [5.41, 5.74) is 0.350. The van der Waals surface area contributed by atoms with Crippen molar-refractivity contribution >= 4 is 11.7 Å². The van der Waals surface area contributed by atoms with Crippen LogP contribution in [0.15, 0.2) is 18.2 Å². The van der Waals surface area contributed by atoms with Crippen molar-refractivity contribution in [2.75, 3.05) is 38.7 Å². The maximum absolute atomic E-state index is 12.3. The van der Waals surface area contributed by atoms with E-state index in [2.05, 4.69) is 10.1 Å². The lowest BCUT2D eigenvalue weighted by Crippen LogP contribution is -2.43. The first-order chi connectivity index (χ1) is 10.1. The Morgan fingerprint density at radius 2 is 2.05 bits per heavy atom. The second kappa shape index (κ2) is 7.07. The van der Waals surface area contributed by atoms with E-state index >= 15 is 0 Å². The number of carbonyl (C=O) groups excluding carboxylic acids is 1. The van der Waals surface area contributed by atoms with Crippen LogP contribution in [0.4, 0.5) is 19.3 Å². The zero-order valence-electron chi connectivity index (χ0n) is 11.5. The number of benzene rings is 1. The van der Waals surface area contributed by atoms with E-state index < -0.39 is 6.61 Å². The molecule has 1 saturated heterocycles. The van der Waals surface area contributed by atoms with Crippen LogP contribution in [-0.4, -0.2) is 51.0 Å². The minimum absolute atomic E-state index is 0.132. The normalized spacial score (nSPS) is 15.0. The Bertz CT molecular complexity index is 493. The third-order valence-electron chi connectivity index (χ3n) is 2.93. The Morgan fingerprint density at radius 3 is 2.67 bits per heavy atom. The highest BCUT2D eigenvalue weighted by Gasteiger charge is 2.18. The highest BCUT2D eigenvalue weighted by Crippen LogP contribution is 2.31. The monoisotopic (exact) mass is 302 g/mol. The van der Waals surface area contributed by atoms with Crippen LogP contribution in [-0.2, 0) is 4.74 Å². The van der Waals surface area contributed by atoms with Gasteiger partial charge in [-0.15, -0.1) is 0 Å². The van der Waals surface area contributed by atoms with Crippen molar-refractivity contribution in [1.82, 2.24) is 4.90 Å². The summed E-state index contributed by atoms with van der Waals surface area (Å²) in [7, 11) is 1.35. The predicted molar refractivity (Wildman–Crippen MR) is 71.0 cm³/mol. The number of carbonyl (C=O) groups is 1. The summed E-state index contributed by atoms with van der Waals surface area (Å²) in [5, 5.41) is 2.63. The number of rotatable bonds is 4. The highest BCUT2D eigenvalue weighted by molar-refractivity contribution is 5.89. The van der Waals surface area contributed by atoms with Gasteiger partial charge in [-0.1, -0.05) is 0 Å². The minimum atomic E-state index is -2.97. The molecule has 1 aliphatic heterocycles.